The Labute approximate surface area is 103 Å². The van der Waals surface area contributed by atoms with Crippen LogP contribution in [0.15, 0.2) is 6.20 Å². The quantitative estimate of drug-likeness (QED) is 0.847. The van der Waals surface area contributed by atoms with Gasteiger partial charge in [0.1, 0.15) is 0 Å². The standard InChI is InChI=1S/C13H21N3O/c1-3-16(8-11-5-4-6-11)13-14-7-12(9-17)10(2)15-13/h7,11,17H,3-6,8-9H2,1-2H3. The molecule has 1 aliphatic carbocycles. The molecule has 0 radical (unpaired) electrons. The topological polar surface area (TPSA) is 49.2 Å². The van der Waals surface area contributed by atoms with Crippen molar-refractivity contribution in [1.29, 1.82) is 0 Å². The first kappa shape index (κ1) is 12.3. The van der Waals surface area contributed by atoms with E-state index in [1.165, 1.54) is 19.3 Å². The lowest BCUT2D eigenvalue weighted by molar-refractivity contribution is 0.280. The number of anilines is 1. The maximum absolute atomic E-state index is 9.10. The van der Waals surface area contributed by atoms with Gasteiger partial charge in [-0.2, -0.15) is 0 Å². The highest BCUT2D eigenvalue weighted by Crippen LogP contribution is 2.28. The average molecular weight is 235 g/mol. The van der Waals surface area contributed by atoms with Gasteiger partial charge in [-0.25, -0.2) is 9.97 Å². The van der Waals surface area contributed by atoms with Crippen molar-refractivity contribution < 1.29 is 5.11 Å². The Hall–Kier alpha value is -1.16. The van der Waals surface area contributed by atoms with E-state index in [0.29, 0.717) is 0 Å². The van der Waals surface area contributed by atoms with Crippen molar-refractivity contribution in [2.24, 2.45) is 5.92 Å². The lowest BCUT2D eigenvalue weighted by Crippen LogP contribution is -2.33. The van der Waals surface area contributed by atoms with Crippen LogP contribution in [0, 0.1) is 12.8 Å². The number of aliphatic hydroxyl groups is 1. The molecule has 0 spiro atoms. The van der Waals surface area contributed by atoms with Crippen LogP contribution in [0.4, 0.5) is 5.95 Å². The van der Waals surface area contributed by atoms with Gasteiger partial charge in [-0.15, -0.1) is 0 Å². The first-order chi connectivity index (χ1) is 8.24. The van der Waals surface area contributed by atoms with Crippen LogP contribution in [-0.4, -0.2) is 28.2 Å². The van der Waals surface area contributed by atoms with Crippen LogP contribution in [0.1, 0.15) is 37.4 Å². The Morgan fingerprint density at radius 3 is 2.71 bits per heavy atom. The van der Waals surface area contributed by atoms with Crippen LogP contribution in [0.5, 0.6) is 0 Å². The number of hydrogen-bond donors (Lipinski definition) is 1. The molecular formula is C13H21N3O. The Balaban J connectivity index is 2.09. The molecule has 0 aromatic carbocycles. The van der Waals surface area contributed by atoms with Crippen molar-refractivity contribution in [3.63, 3.8) is 0 Å². The fourth-order valence-electron chi connectivity index (χ4n) is 2.13. The van der Waals surface area contributed by atoms with Gasteiger partial charge in [0.2, 0.25) is 5.95 Å². The normalized spacial score (nSPS) is 15.7. The third kappa shape index (κ3) is 2.75. The van der Waals surface area contributed by atoms with Crippen molar-refractivity contribution in [2.75, 3.05) is 18.0 Å². The van der Waals surface area contributed by atoms with Gasteiger partial charge in [-0.1, -0.05) is 6.42 Å². The zero-order chi connectivity index (χ0) is 12.3. The van der Waals surface area contributed by atoms with E-state index < -0.39 is 0 Å². The molecule has 4 heteroatoms. The number of rotatable bonds is 5. The van der Waals surface area contributed by atoms with Crippen molar-refractivity contribution in [2.45, 2.75) is 39.7 Å². The van der Waals surface area contributed by atoms with Gasteiger partial charge in [0.15, 0.2) is 0 Å². The lowest BCUT2D eigenvalue weighted by atomic mass is 9.85. The molecule has 1 aliphatic rings. The maximum Gasteiger partial charge on any atom is 0.225 e. The third-order valence-electron chi connectivity index (χ3n) is 3.61. The summed E-state index contributed by atoms with van der Waals surface area (Å²) in [6.45, 7) is 6.08. The second-order valence-corrected chi connectivity index (χ2v) is 4.77. The van der Waals surface area contributed by atoms with E-state index in [1.54, 1.807) is 6.20 Å². The first-order valence-electron chi connectivity index (χ1n) is 6.43. The zero-order valence-corrected chi connectivity index (χ0v) is 10.7. The van der Waals surface area contributed by atoms with Gasteiger partial charge >= 0.3 is 0 Å². The summed E-state index contributed by atoms with van der Waals surface area (Å²) in [6.07, 6.45) is 5.78. The highest BCUT2D eigenvalue weighted by atomic mass is 16.3. The van der Waals surface area contributed by atoms with Gasteiger partial charge in [-0.05, 0) is 32.6 Å². The molecule has 1 N–H and O–H groups in total. The molecule has 17 heavy (non-hydrogen) atoms. The SMILES string of the molecule is CCN(CC1CCC1)c1ncc(CO)c(C)n1. The largest absolute Gasteiger partial charge is 0.392 e. The van der Waals surface area contributed by atoms with E-state index in [1.807, 2.05) is 6.92 Å². The maximum atomic E-state index is 9.10. The number of hydrogen-bond acceptors (Lipinski definition) is 4. The predicted octanol–water partition coefficient (Wildman–Crippen LogP) is 1.90. The minimum Gasteiger partial charge on any atom is -0.392 e. The lowest BCUT2D eigenvalue weighted by Gasteiger charge is -2.31. The highest BCUT2D eigenvalue weighted by molar-refractivity contribution is 5.32. The van der Waals surface area contributed by atoms with Crippen LogP contribution in [-0.2, 0) is 6.61 Å². The first-order valence-corrected chi connectivity index (χ1v) is 6.43. The summed E-state index contributed by atoms with van der Waals surface area (Å²) in [5.74, 6) is 1.62. The summed E-state index contributed by atoms with van der Waals surface area (Å²) >= 11 is 0. The van der Waals surface area contributed by atoms with E-state index in [2.05, 4.69) is 21.8 Å². The van der Waals surface area contributed by atoms with Crippen LogP contribution < -0.4 is 4.90 Å². The van der Waals surface area contributed by atoms with Crippen molar-refractivity contribution >= 4 is 5.95 Å². The van der Waals surface area contributed by atoms with E-state index in [9.17, 15) is 0 Å². The summed E-state index contributed by atoms with van der Waals surface area (Å²) in [6, 6.07) is 0. The highest BCUT2D eigenvalue weighted by Gasteiger charge is 2.21. The molecule has 4 nitrogen and oxygen atoms in total. The van der Waals surface area contributed by atoms with E-state index in [4.69, 9.17) is 5.11 Å². The molecule has 0 unspecified atom stereocenters. The minimum absolute atomic E-state index is 0.0147. The molecule has 1 saturated carbocycles. The molecule has 0 bridgehead atoms. The van der Waals surface area contributed by atoms with E-state index >= 15 is 0 Å². The molecule has 1 fully saturated rings. The second-order valence-electron chi connectivity index (χ2n) is 4.77. The van der Waals surface area contributed by atoms with Crippen LogP contribution in [0.2, 0.25) is 0 Å². The van der Waals surface area contributed by atoms with Gasteiger partial charge in [0, 0.05) is 30.5 Å². The second kappa shape index (κ2) is 5.45. The molecule has 0 atom stereocenters. The van der Waals surface area contributed by atoms with E-state index in [-0.39, 0.29) is 6.61 Å². The zero-order valence-electron chi connectivity index (χ0n) is 10.7. The van der Waals surface area contributed by atoms with Crippen LogP contribution in [0.25, 0.3) is 0 Å². The average Bonchev–Trinajstić information content (AvgIpc) is 2.28. The number of nitrogens with zero attached hydrogens (tertiary/aromatic N) is 3. The molecule has 2 rings (SSSR count). The predicted molar refractivity (Wildman–Crippen MR) is 67.9 cm³/mol. The Kier molecular flexibility index (Phi) is 3.94. The smallest absolute Gasteiger partial charge is 0.225 e. The number of aromatic nitrogens is 2. The fraction of sp³-hybridized carbons (Fsp3) is 0.692. The Morgan fingerprint density at radius 2 is 2.24 bits per heavy atom. The molecule has 1 heterocycles. The third-order valence-corrected chi connectivity index (χ3v) is 3.61. The van der Waals surface area contributed by atoms with Gasteiger partial charge in [0.25, 0.3) is 0 Å². The Morgan fingerprint density at radius 1 is 1.47 bits per heavy atom. The van der Waals surface area contributed by atoms with Crippen molar-refractivity contribution in [3.05, 3.63) is 17.5 Å². The summed E-state index contributed by atoms with van der Waals surface area (Å²) in [5.41, 5.74) is 1.69. The molecule has 0 saturated heterocycles. The molecular weight excluding hydrogens is 214 g/mol. The van der Waals surface area contributed by atoms with Gasteiger partial charge in [-0.3, -0.25) is 0 Å². The molecule has 1 aromatic rings. The van der Waals surface area contributed by atoms with Crippen LogP contribution >= 0.6 is 0 Å². The van der Waals surface area contributed by atoms with E-state index in [0.717, 1.165) is 36.2 Å². The van der Waals surface area contributed by atoms with Gasteiger partial charge < -0.3 is 10.0 Å². The number of aryl methyl sites for hydroxylation is 1. The fourth-order valence-corrected chi connectivity index (χ4v) is 2.13. The summed E-state index contributed by atoms with van der Waals surface area (Å²) in [5, 5.41) is 9.10. The van der Waals surface area contributed by atoms with Crippen molar-refractivity contribution in [1.82, 2.24) is 9.97 Å². The number of aliphatic hydroxyl groups excluding tert-OH is 1. The monoisotopic (exact) mass is 235 g/mol. The van der Waals surface area contributed by atoms with Gasteiger partial charge in [0.05, 0.1) is 6.61 Å². The van der Waals surface area contributed by atoms with Crippen molar-refractivity contribution in [3.8, 4) is 0 Å². The summed E-state index contributed by atoms with van der Waals surface area (Å²) in [4.78, 5) is 11.1. The molecule has 1 aromatic heterocycles. The minimum atomic E-state index is 0.0147. The summed E-state index contributed by atoms with van der Waals surface area (Å²) < 4.78 is 0. The Bertz CT molecular complexity index is 377. The summed E-state index contributed by atoms with van der Waals surface area (Å²) in [7, 11) is 0. The van der Waals surface area contributed by atoms with Crippen LogP contribution in [0.3, 0.4) is 0 Å². The molecule has 0 aliphatic heterocycles. The molecule has 94 valence electrons. The molecule has 0 amide bonds.